The van der Waals surface area contributed by atoms with Crippen molar-refractivity contribution in [3.63, 3.8) is 0 Å². The van der Waals surface area contributed by atoms with Crippen molar-refractivity contribution in [3.8, 4) is 11.1 Å². The Hall–Kier alpha value is -2.80. The maximum atomic E-state index is 12.8. The van der Waals surface area contributed by atoms with Gasteiger partial charge in [-0.3, -0.25) is 9.59 Å². The number of rotatable bonds is 7. The van der Waals surface area contributed by atoms with E-state index in [2.05, 4.69) is 15.3 Å². The lowest BCUT2D eigenvalue weighted by Gasteiger charge is -2.31. The van der Waals surface area contributed by atoms with E-state index in [9.17, 15) is 9.59 Å². The van der Waals surface area contributed by atoms with Gasteiger partial charge in [-0.15, -0.1) is 0 Å². The molecule has 1 saturated heterocycles. The number of likely N-dealkylation sites (tertiary alicyclic amines) is 1. The minimum atomic E-state index is -0.0212. The van der Waals surface area contributed by atoms with Gasteiger partial charge in [0.2, 0.25) is 5.91 Å². The number of ether oxygens (including phenoxy) is 1. The van der Waals surface area contributed by atoms with Crippen molar-refractivity contribution in [1.29, 1.82) is 0 Å². The van der Waals surface area contributed by atoms with Crippen molar-refractivity contribution >= 4 is 11.8 Å². The van der Waals surface area contributed by atoms with Crippen molar-refractivity contribution in [2.75, 3.05) is 33.4 Å². The molecule has 2 aromatic rings. The molecule has 1 aliphatic rings. The molecule has 0 bridgehead atoms. The molecule has 0 saturated carbocycles. The Bertz CT molecular complexity index is 772. The summed E-state index contributed by atoms with van der Waals surface area (Å²) in [5, 5.41) is 2.95. The highest BCUT2D eigenvalue weighted by molar-refractivity contribution is 5.95. The molecule has 0 atom stereocenters. The Morgan fingerprint density at radius 1 is 1.11 bits per heavy atom. The van der Waals surface area contributed by atoms with Gasteiger partial charge in [0.1, 0.15) is 6.33 Å². The van der Waals surface area contributed by atoms with E-state index in [1.54, 1.807) is 19.5 Å². The molecular weight excluding hydrogens is 356 g/mol. The van der Waals surface area contributed by atoms with Gasteiger partial charge in [0.05, 0.1) is 0 Å². The molecule has 7 heteroatoms. The molecule has 0 spiro atoms. The summed E-state index contributed by atoms with van der Waals surface area (Å²) in [5.41, 5.74) is 2.54. The molecule has 2 amide bonds. The molecule has 0 aliphatic carbocycles. The van der Waals surface area contributed by atoms with Crippen LogP contribution in [0.4, 0.5) is 0 Å². The number of amides is 2. The van der Waals surface area contributed by atoms with Crippen molar-refractivity contribution in [2.24, 2.45) is 5.92 Å². The molecular formula is C21H26N4O3. The van der Waals surface area contributed by atoms with Gasteiger partial charge < -0.3 is 15.0 Å². The fourth-order valence-corrected chi connectivity index (χ4v) is 3.35. The fraction of sp³-hybridized carbons (Fsp3) is 0.429. The van der Waals surface area contributed by atoms with Gasteiger partial charge in [0.25, 0.3) is 5.91 Å². The summed E-state index contributed by atoms with van der Waals surface area (Å²) < 4.78 is 4.98. The van der Waals surface area contributed by atoms with Crippen LogP contribution < -0.4 is 5.32 Å². The predicted molar refractivity (Wildman–Crippen MR) is 106 cm³/mol. The molecule has 2 heterocycles. The van der Waals surface area contributed by atoms with Crippen molar-refractivity contribution in [1.82, 2.24) is 20.2 Å². The molecule has 3 rings (SSSR count). The number of nitrogens with zero attached hydrogens (tertiary/aromatic N) is 3. The first-order valence-electron chi connectivity index (χ1n) is 9.60. The third kappa shape index (κ3) is 5.13. The largest absolute Gasteiger partial charge is 0.385 e. The molecule has 0 radical (unpaired) electrons. The molecule has 1 fully saturated rings. The van der Waals surface area contributed by atoms with Crippen LogP contribution >= 0.6 is 0 Å². The Morgan fingerprint density at radius 2 is 1.79 bits per heavy atom. The van der Waals surface area contributed by atoms with E-state index in [0.29, 0.717) is 44.6 Å². The third-order valence-electron chi connectivity index (χ3n) is 5.00. The van der Waals surface area contributed by atoms with Gasteiger partial charge in [-0.25, -0.2) is 9.97 Å². The molecule has 0 unspecified atom stereocenters. The van der Waals surface area contributed by atoms with Crippen molar-refractivity contribution in [2.45, 2.75) is 19.3 Å². The quantitative estimate of drug-likeness (QED) is 0.742. The lowest BCUT2D eigenvalue weighted by Crippen LogP contribution is -2.43. The van der Waals surface area contributed by atoms with Crippen LogP contribution in [0.15, 0.2) is 43.0 Å². The van der Waals surface area contributed by atoms with E-state index in [1.165, 1.54) is 6.33 Å². The SMILES string of the molecule is COCCCNC(=O)C1CCN(C(=O)c2ccc(-c3cncnc3)cc2)CC1. The van der Waals surface area contributed by atoms with Crippen LogP contribution in [-0.4, -0.2) is 60.0 Å². The van der Waals surface area contributed by atoms with Crippen molar-refractivity contribution < 1.29 is 14.3 Å². The van der Waals surface area contributed by atoms with Gasteiger partial charge in [-0.1, -0.05) is 12.1 Å². The minimum absolute atomic E-state index is 0.00909. The number of methoxy groups -OCH3 is 1. The number of aromatic nitrogens is 2. The van der Waals surface area contributed by atoms with Gasteiger partial charge in [0.15, 0.2) is 0 Å². The molecule has 1 aromatic heterocycles. The van der Waals surface area contributed by atoms with Crippen LogP contribution in [0, 0.1) is 5.92 Å². The zero-order chi connectivity index (χ0) is 19.8. The zero-order valence-corrected chi connectivity index (χ0v) is 16.1. The molecule has 1 aliphatic heterocycles. The van der Waals surface area contributed by atoms with Crippen LogP contribution in [0.1, 0.15) is 29.6 Å². The number of carbonyl (C=O) groups is 2. The number of piperidine rings is 1. The first kappa shape index (κ1) is 19.9. The average molecular weight is 382 g/mol. The number of nitrogens with one attached hydrogen (secondary N) is 1. The topological polar surface area (TPSA) is 84.4 Å². The molecule has 1 N–H and O–H groups in total. The summed E-state index contributed by atoms with van der Waals surface area (Å²) in [7, 11) is 1.65. The first-order valence-corrected chi connectivity index (χ1v) is 9.60. The zero-order valence-electron chi connectivity index (χ0n) is 16.1. The lowest BCUT2D eigenvalue weighted by atomic mass is 9.95. The summed E-state index contributed by atoms with van der Waals surface area (Å²) >= 11 is 0. The number of hydrogen-bond donors (Lipinski definition) is 1. The smallest absolute Gasteiger partial charge is 0.253 e. The molecule has 28 heavy (non-hydrogen) atoms. The van der Waals surface area contributed by atoms with Crippen LogP contribution in [0.5, 0.6) is 0 Å². The second kappa shape index (κ2) is 9.94. The van der Waals surface area contributed by atoms with Gasteiger partial charge in [-0.05, 0) is 37.0 Å². The van der Waals surface area contributed by atoms with E-state index >= 15 is 0 Å². The summed E-state index contributed by atoms with van der Waals surface area (Å²) in [4.78, 5) is 34.8. The van der Waals surface area contributed by atoms with E-state index in [1.807, 2.05) is 29.2 Å². The van der Waals surface area contributed by atoms with Crippen LogP contribution in [0.25, 0.3) is 11.1 Å². The summed E-state index contributed by atoms with van der Waals surface area (Å²) in [6.07, 6.45) is 7.18. The Labute approximate surface area is 165 Å². The average Bonchev–Trinajstić information content (AvgIpc) is 2.77. The second-order valence-corrected chi connectivity index (χ2v) is 6.91. The molecule has 7 nitrogen and oxygen atoms in total. The summed E-state index contributed by atoms with van der Waals surface area (Å²) in [5.74, 6) is 0.0690. The summed E-state index contributed by atoms with van der Waals surface area (Å²) in [6, 6.07) is 7.48. The number of carbonyl (C=O) groups excluding carboxylic acids is 2. The van der Waals surface area contributed by atoms with Gasteiger partial charge in [0, 0.05) is 62.8 Å². The fourth-order valence-electron chi connectivity index (χ4n) is 3.35. The van der Waals surface area contributed by atoms with E-state index in [0.717, 1.165) is 17.5 Å². The highest BCUT2D eigenvalue weighted by Crippen LogP contribution is 2.21. The molecule has 1 aromatic carbocycles. The van der Waals surface area contributed by atoms with E-state index in [4.69, 9.17) is 4.74 Å². The lowest BCUT2D eigenvalue weighted by molar-refractivity contribution is -0.126. The van der Waals surface area contributed by atoms with Crippen LogP contribution in [-0.2, 0) is 9.53 Å². The van der Waals surface area contributed by atoms with Gasteiger partial charge in [-0.2, -0.15) is 0 Å². The monoisotopic (exact) mass is 382 g/mol. The maximum Gasteiger partial charge on any atom is 0.253 e. The minimum Gasteiger partial charge on any atom is -0.385 e. The van der Waals surface area contributed by atoms with Crippen LogP contribution in [0.3, 0.4) is 0 Å². The van der Waals surface area contributed by atoms with Crippen LogP contribution in [0.2, 0.25) is 0 Å². The number of benzene rings is 1. The Kier molecular flexibility index (Phi) is 7.08. The Morgan fingerprint density at radius 3 is 2.43 bits per heavy atom. The van der Waals surface area contributed by atoms with E-state index < -0.39 is 0 Å². The third-order valence-corrected chi connectivity index (χ3v) is 5.00. The number of hydrogen-bond acceptors (Lipinski definition) is 5. The maximum absolute atomic E-state index is 12.8. The second-order valence-electron chi connectivity index (χ2n) is 6.91. The highest BCUT2D eigenvalue weighted by atomic mass is 16.5. The first-order chi connectivity index (χ1) is 13.7. The predicted octanol–water partition coefficient (Wildman–Crippen LogP) is 2.15. The Balaban J connectivity index is 1.50. The highest BCUT2D eigenvalue weighted by Gasteiger charge is 2.27. The standard InChI is InChI=1S/C21H26N4O3/c1-28-12-2-9-24-20(26)17-7-10-25(11-8-17)21(27)18-5-3-16(4-6-18)19-13-22-15-23-14-19/h3-6,13-15,17H,2,7-12H2,1H3,(H,24,26). The van der Waals surface area contributed by atoms with Gasteiger partial charge >= 0.3 is 0 Å². The molecule has 148 valence electrons. The van der Waals surface area contributed by atoms with Crippen molar-refractivity contribution in [3.05, 3.63) is 48.5 Å². The normalized spacial score (nSPS) is 14.7. The summed E-state index contributed by atoms with van der Waals surface area (Å²) in [6.45, 7) is 2.47. The van der Waals surface area contributed by atoms with E-state index in [-0.39, 0.29) is 17.7 Å².